The van der Waals surface area contributed by atoms with Crippen molar-refractivity contribution in [2.24, 2.45) is 11.0 Å². The molecule has 1 aromatic heterocycles. The van der Waals surface area contributed by atoms with Gasteiger partial charge in [0, 0.05) is 10.6 Å². The fourth-order valence-electron chi connectivity index (χ4n) is 2.34. The molecule has 2 rings (SSSR count). The summed E-state index contributed by atoms with van der Waals surface area (Å²) in [5.41, 5.74) is 4.97. The molecular formula is C15H22N2OS. The zero-order chi connectivity index (χ0) is 13.8. The Morgan fingerprint density at radius 3 is 3.00 bits per heavy atom. The van der Waals surface area contributed by atoms with E-state index in [1.807, 2.05) is 13.8 Å². The summed E-state index contributed by atoms with van der Waals surface area (Å²) in [6.07, 6.45) is 5.62. The summed E-state index contributed by atoms with van der Waals surface area (Å²) in [7, 11) is 0. The molecule has 1 N–H and O–H groups in total. The van der Waals surface area contributed by atoms with Crippen LogP contribution in [0.1, 0.15) is 60.1 Å². The highest BCUT2D eigenvalue weighted by atomic mass is 32.1. The van der Waals surface area contributed by atoms with Gasteiger partial charge in [0.15, 0.2) is 0 Å². The third kappa shape index (κ3) is 3.44. The number of hydrogen-bond acceptors (Lipinski definition) is 3. The molecule has 0 unspecified atom stereocenters. The van der Waals surface area contributed by atoms with Gasteiger partial charge in [-0.3, -0.25) is 4.79 Å². The summed E-state index contributed by atoms with van der Waals surface area (Å²) in [5, 5.41) is 4.08. The third-order valence-electron chi connectivity index (χ3n) is 3.85. The van der Waals surface area contributed by atoms with Crippen molar-refractivity contribution >= 4 is 23.0 Å². The Morgan fingerprint density at radius 2 is 2.32 bits per heavy atom. The first kappa shape index (κ1) is 14.3. The normalized spacial score (nSPS) is 19.1. The second-order valence-electron chi connectivity index (χ2n) is 5.22. The van der Waals surface area contributed by atoms with Gasteiger partial charge in [0.1, 0.15) is 0 Å². The van der Waals surface area contributed by atoms with Crippen LogP contribution >= 0.6 is 11.3 Å². The summed E-state index contributed by atoms with van der Waals surface area (Å²) < 4.78 is 0. The molecule has 1 atom stereocenters. The van der Waals surface area contributed by atoms with E-state index in [0.29, 0.717) is 0 Å². The molecule has 4 heteroatoms. The van der Waals surface area contributed by atoms with E-state index in [0.717, 1.165) is 35.8 Å². The first-order valence-corrected chi connectivity index (χ1v) is 7.90. The minimum atomic E-state index is -0.0692. The third-order valence-corrected chi connectivity index (χ3v) is 5.08. The van der Waals surface area contributed by atoms with E-state index in [1.54, 1.807) is 11.3 Å². The molecule has 0 aromatic carbocycles. The van der Waals surface area contributed by atoms with Crippen LogP contribution in [-0.4, -0.2) is 11.6 Å². The van der Waals surface area contributed by atoms with Crippen molar-refractivity contribution in [3.63, 3.8) is 0 Å². The van der Waals surface area contributed by atoms with Gasteiger partial charge in [0.2, 0.25) is 0 Å². The number of aryl methyl sites for hydroxylation is 1. The van der Waals surface area contributed by atoms with Gasteiger partial charge in [-0.25, -0.2) is 5.43 Å². The first-order chi connectivity index (χ1) is 9.13. The number of carbonyl (C=O) groups is 1. The molecule has 1 amide bonds. The average molecular weight is 278 g/mol. The number of nitrogens with one attached hydrogen (secondary N) is 1. The minimum Gasteiger partial charge on any atom is -0.266 e. The SMILES string of the molecule is CC/C(C)=N\NC(=O)c1cc2c(s1)CC[C@H](CC)C2. The molecule has 1 aromatic rings. The van der Waals surface area contributed by atoms with Gasteiger partial charge in [-0.15, -0.1) is 11.3 Å². The Hall–Kier alpha value is -1.16. The van der Waals surface area contributed by atoms with E-state index >= 15 is 0 Å². The molecule has 1 aliphatic rings. The Morgan fingerprint density at radius 1 is 1.53 bits per heavy atom. The quantitative estimate of drug-likeness (QED) is 0.661. The second-order valence-corrected chi connectivity index (χ2v) is 6.35. The van der Waals surface area contributed by atoms with Gasteiger partial charge in [0.05, 0.1) is 4.88 Å². The lowest BCUT2D eigenvalue weighted by Gasteiger charge is -2.19. The Balaban J connectivity index is 2.06. The topological polar surface area (TPSA) is 41.5 Å². The van der Waals surface area contributed by atoms with Crippen molar-refractivity contribution in [3.8, 4) is 0 Å². The van der Waals surface area contributed by atoms with Gasteiger partial charge in [0.25, 0.3) is 5.91 Å². The lowest BCUT2D eigenvalue weighted by molar-refractivity contribution is 0.0958. The van der Waals surface area contributed by atoms with Crippen LogP contribution in [-0.2, 0) is 12.8 Å². The first-order valence-electron chi connectivity index (χ1n) is 7.09. The summed E-state index contributed by atoms with van der Waals surface area (Å²) >= 11 is 1.63. The maximum absolute atomic E-state index is 12.0. The van der Waals surface area contributed by atoms with Crippen molar-refractivity contribution in [2.45, 2.75) is 52.9 Å². The van der Waals surface area contributed by atoms with E-state index < -0.39 is 0 Å². The average Bonchev–Trinajstić information content (AvgIpc) is 2.86. The summed E-state index contributed by atoms with van der Waals surface area (Å²) in [4.78, 5) is 14.2. The second kappa shape index (κ2) is 6.33. The number of thiophene rings is 1. The number of nitrogens with zero attached hydrogens (tertiary/aromatic N) is 1. The number of hydrazone groups is 1. The standard InChI is InChI=1S/C15H22N2OS/c1-4-10(3)16-17-15(18)14-9-12-8-11(5-2)6-7-13(12)19-14/h9,11H,4-8H2,1-3H3,(H,17,18)/b16-10-/t11-/m0/s1. The van der Waals surface area contributed by atoms with Crippen molar-refractivity contribution in [1.82, 2.24) is 5.43 Å². The number of amides is 1. The fraction of sp³-hybridized carbons (Fsp3) is 0.600. The maximum atomic E-state index is 12.0. The van der Waals surface area contributed by atoms with Crippen LogP contribution in [0.25, 0.3) is 0 Å². The predicted molar refractivity (Wildman–Crippen MR) is 81.0 cm³/mol. The molecule has 0 radical (unpaired) electrons. The van der Waals surface area contributed by atoms with Crippen LogP contribution in [0.4, 0.5) is 0 Å². The molecular weight excluding hydrogens is 256 g/mol. The molecule has 1 aliphatic carbocycles. The highest BCUT2D eigenvalue weighted by Crippen LogP contribution is 2.33. The van der Waals surface area contributed by atoms with Gasteiger partial charge in [-0.1, -0.05) is 20.3 Å². The van der Waals surface area contributed by atoms with Crippen molar-refractivity contribution in [2.75, 3.05) is 0 Å². The molecule has 1 heterocycles. The van der Waals surface area contributed by atoms with Gasteiger partial charge < -0.3 is 0 Å². The molecule has 0 aliphatic heterocycles. The highest BCUT2D eigenvalue weighted by molar-refractivity contribution is 7.14. The molecule has 0 fully saturated rings. The highest BCUT2D eigenvalue weighted by Gasteiger charge is 2.21. The molecule has 3 nitrogen and oxygen atoms in total. The maximum Gasteiger partial charge on any atom is 0.281 e. The number of fused-ring (bicyclic) bond motifs is 1. The van der Waals surface area contributed by atoms with E-state index in [2.05, 4.69) is 23.5 Å². The lowest BCUT2D eigenvalue weighted by atomic mass is 9.87. The molecule has 0 bridgehead atoms. The largest absolute Gasteiger partial charge is 0.281 e. The van der Waals surface area contributed by atoms with E-state index in [9.17, 15) is 4.79 Å². The molecule has 19 heavy (non-hydrogen) atoms. The van der Waals surface area contributed by atoms with Crippen LogP contribution in [0.15, 0.2) is 11.2 Å². The van der Waals surface area contributed by atoms with Crippen LogP contribution in [0.3, 0.4) is 0 Å². The smallest absolute Gasteiger partial charge is 0.266 e. The Bertz CT molecular complexity index is 490. The molecule has 104 valence electrons. The minimum absolute atomic E-state index is 0.0692. The molecule has 0 spiro atoms. The van der Waals surface area contributed by atoms with Gasteiger partial charge >= 0.3 is 0 Å². The van der Waals surface area contributed by atoms with E-state index in [4.69, 9.17) is 0 Å². The van der Waals surface area contributed by atoms with Crippen LogP contribution in [0.5, 0.6) is 0 Å². The molecule has 0 saturated heterocycles. The Labute approximate surface area is 119 Å². The van der Waals surface area contributed by atoms with E-state index in [-0.39, 0.29) is 5.91 Å². The van der Waals surface area contributed by atoms with Crippen molar-refractivity contribution in [3.05, 3.63) is 21.4 Å². The predicted octanol–water partition coefficient (Wildman–Crippen LogP) is 3.78. The summed E-state index contributed by atoms with van der Waals surface area (Å²) in [6, 6.07) is 2.06. The molecule has 0 saturated carbocycles. The monoisotopic (exact) mass is 278 g/mol. The van der Waals surface area contributed by atoms with Crippen LogP contribution in [0.2, 0.25) is 0 Å². The van der Waals surface area contributed by atoms with Crippen LogP contribution < -0.4 is 5.43 Å². The van der Waals surface area contributed by atoms with Crippen LogP contribution in [0, 0.1) is 5.92 Å². The zero-order valence-corrected chi connectivity index (χ0v) is 12.8. The number of rotatable bonds is 4. The fourth-order valence-corrected chi connectivity index (χ4v) is 3.44. The van der Waals surface area contributed by atoms with Crippen molar-refractivity contribution in [1.29, 1.82) is 0 Å². The van der Waals surface area contributed by atoms with Gasteiger partial charge in [-0.05, 0) is 50.2 Å². The summed E-state index contributed by atoms with van der Waals surface area (Å²) in [6.45, 7) is 6.20. The van der Waals surface area contributed by atoms with Crippen molar-refractivity contribution < 1.29 is 4.79 Å². The summed E-state index contributed by atoms with van der Waals surface area (Å²) in [5.74, 6) is 0.721. The van der Waals surface area contributed by atoms with E-state index in [1.165, 1.54) is 23.3 Å². The number of hydrogen-bond donors (Lipinski definition) is 1. The Kier molecular flexibility index (Phi) is 4.75. The lowest BCUT2D eigenvalue weighted by Crippen LogP contribution is -2.17. The zero-order valence-electron chi connectivity index (χ0n) is 12.0. The number of carbonyl (C=O) groups excluding carboxylic acids is 1. The van der Waals surface area contributed by atoms with Gasteiger partial charge in [-0.2, -0.15) is 5.10 Å².